The van der Waals surface area contributed by atoms with E-state index in [2.05, 4.69) is 10.3 Å². The first kappa shape index (κ1) is 19.9. The van der Waals surface area contributed by atoms with Crippen molar-refractivity contribution >= 4 is 27.5 Å². The van der Waals surface area contributed by atoms with E-state index in [1.165, 1.54) is 36.5 Å². The van der Waals surface area contributed by atoms with Gasteiger partial charge in [0.25, 0.3) is 5.91 Å². The number of amides is 1. The molecule has 0 aliphatic carbocycles. The predicted octanol–water partition coefficient (Wildman–Crippen LogP) is 3.12. The van der Waals surface area contributed by atoms with Gasteiger partial charge in [-0.2, -0.15) is 0 Å². The van der Waals surface area contributed by atoms with Crippen LogP contribution in [-0.4, -0.2) is 19.3 Å². The highest BCUT2D eigenvalue weighted by atomic mass is 35.5. The Labute approximate surface area is 166 Å². The number of benzene rings is 2. The third kappa shape index (κ3) is 4.53. The van der Waals surface area contributed by atoms with E-state index in [4.69, 9.17) is 16.7 Å². The summed E-state index contributed by atoms with van der Waals surface area (Å²) in [5, 5.41) is 7.88. The number of pyridine rings is 1. The quantitative estimate of drug-likeness (QED) is 0.663. The summed E-state index contributed by atoms with van der Waals surface area (Å²) in [6.07, 6.45) is 1.35. The molecule has 0 saturated carbocycles. The second-order valence-corrected chi connectivity index (χ2v) is 7.86. The maximum atomic E-state index is 13.8. The van der Waals surface area contributed by atoms with Crippen molar-refractivity contribution in [1.29, 1.82) is 0 Å². The first-order valence-electron chi connectivity index (χ1n) is 8.06. The molecule has 0 saturated heterocycles. The van der Waals surface area contributed by atoms with Gasteiger partial charge in [-0.05, 0) is 42.0 Å². The van der Waals surface area contributed by atoms with Gasteiger partial charge in [0.05, 0.1) is 16.2 Å². The highest BCUT2D eigenvalue weighted by Gasteiger charge is 2.13. The molecule has 1 heterocycles. The molecule has 9 heteroatoms. The molecule has 3 N–H and O–H groups in total. The lowest BCUT2D eigenvalue weighted by atomic mass is 10.1. The Morgan fingerprint density at radius 1 is 1.14 bits per heavy atom. The highest BCUT2D eigenvalue weighted by Crippen LogP contribution is 2.21. The van der Waals surface area contributed by atoms with E-state index in [1.807, 2.05) is 0 Å². The number of sulfonamides is 1. The summed E-state index contributed by atoms with van der Waals surface area (Å²) in [7, 11) is -3.85. The number of hydrogen-bond acceptors (Lipinski definition) is 4. The second kappa shape index (κ2) is 8.05. The Kier molecular flexibility index (Phi) is 5.73. The number of aromatic nitrogens is 1. The number of nitrogens with one attached hydrogen (secondary N) is 1. The predicted molar refractivity (Wildman–Crippen MR) is 104 cm³/mol. The smallest absolute Gasteiger partial charge is 0.253 e. The van der Waals surface area contributed by atoms with Crippen LogP contribution in [0.5, 0.6) is 0 Å². The highest BCUT2D eigenvalue weighted by molar-refractivity contribution is 7.89. The molecule has 0 fully saturated rings. The van der Waals surface area contributed by atoms with Crippen LogP contribution in [0, 0.1) is 5.82 Å². The van der Waals surface area contributed by atoms with E-state index in [0.29, 0.717) is 16.8 Å². The van der Waals surface area contributed by atoms with Gasteiger partial charge in [-0.25, -0.2) is 17.9 Å². The van der Waals surface area contributed by atoms with Crippen LogP contribution in [0.25, 0.3) is 11.3 Å². The molecule has 0 unspecified atom stereocenters. The van der Waals surface area contributed by atoms with Crippen LogP contribution in [-0.2, 0) is 16.6 Å². The fourth-order valence-corrected chi connectivity index (χ4v) is 3.33. The van der Waals surface area contributed by atoms with E-state index >= 15 is 0 Å². The Bertz CT molecular complexity index is 1140. The molecule has 0 spiro atoms. The van der Waals surface area contributed by atoms with Gasteiger partial charge >= 0.3 is 0 Å². The van der Waals surface area contributed by atoms with E-state index < -0.39 is 21.7 Å². The van der Waals surface area contributed by atoms with E-state index in [-0.39, 0.29) is 22.0 Å². The van der Waals surface area contributed by atoms with Crippen LogP contribution in [0.3, 0.4) is 0 Å². The van der Waals surface area contributed by atoms with Crippen molar-refractivity contribution < 1.29 is 17.6 Å². The lowest BCUT2D eigenvalue weighted by Crippen LogP contribution is -2.23. The summed E-state index contributed by atoms with van der Waals surface area (Å²) in [6, 6.07) is 13.3. The van der Waals surface area contributed by atoms with Gasteiger partial charge in [0, 0.05) is 23.3 Å². The summed E-state index contributed by atoms with van der Waals surface area (Å²) in [6.45, 7) is 0.0810. The van der Waals surface area contributed by atoms with Crippen LogP contribution in [0.15, 0.2) is 65.7 Å². The number of hydrogen-bond donors (Lipinski definition) is 2. The molecule has 0 aliphatic heterocycles. The number of nitrogens with zero attached hydrogens (tertiary/aromatic N) is 1. The zero-order valence-electron chi connectivity index (χ0n) is 14.4. The lowest BCUT2D eigenvalue weighted by molar-refractivity contribution is 0.0950. The molecule has 1 aromatic heterocycles. The average molecular weight is 420 g/mol. The van der Waals surface area contributed by atoms with Crippen molar-refractivity contribution in [3.8, 4) is 11.3 Å². The van der Waals surface area contributed by atoms with E-state index in [0.717, 1.165) is 0 Å². The molecule has 3 rings (SSSR count). The molecule has 1 amide bonds. The molecular formula is C19H15ClFN3O3S. The van der Waals surface area contributed by atoms with Gasteiger partial charge in [-0.15, -0.1) is 0 Å². The number of carbonyl (C=O) groups is 1. The maximum Gasteiger partial charge on any atom is 0.253 e. The second-order valence-electron chi connectivity index (χ2n) is 5.89. The van der Waals surface area contributed by atoms with Crippen molar-refractivity contribution in [2.24, 2.45) is 5.14 Å². The Balaban J connectivity index is 1.70. The summed E-state index contributed by atoms with van der Waals surface area (Å²) in [5.41, 5.74) is 1.57. The van der Waals surface area contributed by atoms with Gasteiger partial charge < -0.3 is 5.32 Å². The zero-order chi connectivity index (χ0) is 20.3. The Hall–Kier alpha value is -2.81. The lowest BCUT2D eigenvalue weighted by Gasteiger charge is -2.09. The minimum Gasteiger partial charge on any atom is -0.348 e. The molecule has 0 atom stereocenters. The van der Waals surface area contributed by atoms with Crippen molar-refractivity contribution in [3.05, 3.63) is 82.8 Å². The fraction of sp³-hybridized carbons (Fsp3) is 0.0526. The van der Waals surface area contributed by atoms with Crippen LogP contribution >= 0.6 is 11.6 Å². The minimum absolute atomic E-state index is 0.0810. The largest absolute Gasteiger partial charge is 0.348 e. The Morgan fingerprint density at radius 3 is 2.50 bits per heavy atom. The minimum atomic E-state index is -3.85. The number of carbonyl (C=O) groups excluding carboxylic acids is 1. The van der Waals surface area contributed by atoms with Crippen molar-refractivity contribution in [2.45, 2.75) is 11.4 Å². The van der Waals surface area contributed by atoms with Gasteiger partial charge in [0.2, 0.25) is 10.0 Å². The van der Waals surface area contributed by atoms with Gasteiger partial charge in [-0.1, -0.05) is 29.8 Å². The van der Waals surface area contributed by atoms with Crippen LogP contribution in [0.1, 0.15) is 15.9 Å². The van der Waals surface area contributed by atoms with Crippen LogP contribution < -0.4 is 10.5 Å². The summed E-state index contributed by atoms with van der Waals surface area (Å²) < 4.78 is 36.4. The standard InChI is InChI=1S/C19H15ClFN3O3S/c20-16-9-14(28(22,26)27)7-5-12(16)10-24-19(25)13-6-8-18(23-11-13)15-3-1-2-4-17(15)21/h1-9,11H,10H2,(H,24,25)(H2,22,26,27). The molecular weight excluding hydrogens is 405 g/mol. The van der Waals surface area contributed by atoms with E-state index in [9.17, 15) is 17.6 Å². The molecule has 2 aromatic carbocycles. The SMILES string of the molecule is NS(=O)(=O)c1ccc(CNC(=O)c2ccc(-c3ccccc3F)nc2)c(Cl)c1. The van der Waals surface area contributed by atoms with Crippen LogP contribution in [0.2, 0.25) is 5.02 Å². The molecule has 0 aliphatic rings. The molecule has 6 nitrogen and oxygen atoms in total. The normalized spacial score (nSPS) is 11.2. The van der Waals surface area contributed by atoms with Gasteiger partial charge in [0.15, 0.2) is 0 Å². The monoisotopic (exact) mass is 419 g/mol. The molecule has 28 heavy (non-hydrogen) atoms. The number of primary sulfonamides is 1. The summed E-state index contributed by atoms with van der Waals surface area (Å²) >= 11 is 6.05. The topological polar surface area (TPSA) is 102 Å². The average Bonchev–Trinajstić information content (AvgIpc) is 2.66. The fourth-order valence-electron chi connectivity index (χ4n) is 2.48. The third-order valence-corrected chi connectivity index (χ3v) is 5.23. The van der Waals surface area contributed by atoms with Crippen LogP contribution in [0.4, 0.5) is 4.39 Å². The number of halogens is 2. The van der Waals surface area contributed by atoms with Gasteiger partial charge in [-0.3, -0.25) is 9.78 Å². The van der Waals surface area contributed by atoms with Crippen molar-refractivity contribution in [2.75, 3.05) is 0 Å². The first-order valence-corrected chi connectivity index (χ1v) is 9.98. The third-order valence-electron chi connectivity index (χ3n) is 3.97. The molecule has 144 valence electrons. The van der Waals surface area contributed by atoms with Crippen molar-refractivity contribution in [1.82, 2.24) is 10.3 Å². The molecule has 3 aromatic rings. The maximum absolute atomic E-state index is 13.8. The summed E-state index contributed by atoms with van der Waals surface area (Å²) in [4.78, 5) is 16.3. The van der Waals surface area contributed by atoms with Gasteiger partial charge in [0.1, 0.15) is 5.82 Å². The summed E-state index contributed by atoms with van der Waals surface area (Å²) in [5.74, 6) is -0.802. The van der Waals surface area contributed by atoms with E-state index in [1.54, 1.807) is 24.3 Å². The molecule has 0 bridgehead atoms. The van der Waals surface area contributed by atoms with Crippen molar-refractivity contribution in [3.63, 3.8) is 0 Å². The zero-order valence-corrected chi connectivity index (χ0v) is 16.0. The molecule has 0 radical (unpaired) electrons. The number of nitrogens with two attached hydrogens (primary N) is 1. The Morgan fingerprint density at radius 2 is 1.89 bits per heavy atom. The number of rotatable bonds is 5. The first-order chi connectivity index (χ1) is 13.3.